The summed E-state index contributed by atoms with van der Waals surface area (Å²) in [4.78, 5) is 15.3. The van der Waals surface area contributed by atoms with Gasteiger partial charge < -0.3 is 10.5 Å². The highest BCUT2D eigenvalue weighted by Gasteiger charge is 2.21. The van der Waals surface area contributed by atoms with E-state index in [-0.39, 0.29) is 6.04 Å². The molecule has 3 heterocycles. The van der Waals surface area contributed by atoms with Crippen molar-refractivity contribution in [3.05, 3.63) is 41.9 Å². The van der Waals surface area contributed by atoms with Gasteiger partial charge in [0, 0.05) is 42.8 Å². The summed E-state index contributed by atoms with van der Waals surface area (Å²) in [7, 11) is 0. The van der Waals surface area contributed by atoms with Gasteiger partial charge in [-0.3, -0.25) is 4.90 Å². The molecule has 1 fully saturated rings. The van der Waals surface area contributed by atoms with Gasteiger partial charge in [-0.2, -0.15) is 0 Å². The summed E-state index contributed by atoms with van der Waals surface area (Å²) in [5.41, 5.74) is 7.47. The number of rotatable bonds is 4. The highest BCUT2D eigenvalue weighted by atomic mass is 32.2. The SMILES string of the molecule is CCSc1ncc([C@@H](C#Cc2ccc(N)nc2)N2CCOCC2)cn1. The number of nitrogens with two attached hydrogens (primary N) is 1. The summed E-state index contributed by atoms with van der Waals surface area (Å²) in [6.07, 6.45) is 5.44. The third kappa shape index (κ3) is 4.92. The summed E-state index contributed by atoms with van der Waals surface area (Å²) in [5, 5.41) is 0.794. The van der Waals surface area contributed by atoms with E-state index in [4.69, 9.17) is 10.5 Å². The van der Waals surface area contributed by atoms with Crippen LogP contribution in [0.3, 0.4) is 0 Å². The fourth-order valence-electron chi connectivity index (χ4n) is 2.52. The number of ether oxygens (including phenoxy) is 1. The van der Waals surface area contributed by atoms with Gasteiger partial charge in [-0.1, -0.05) is 30.5 Å². The lowest BCUT2D eigenvalue weighted by Crippen LogP contribution is -2.38. The molecule has 0 bridgehead atoms. The molecule has 2 N–H and O–H groups in total. The highest BCUT2D eigenvalue weighted by Crippen LogP contribution is 2.22. The number of thioether (sulfide) groups is 1. The monoisotopic (exact) mass is 355 g/mol. The Morgan fingerprint density at radius 2 is 1.96 bits per heavy atom. The average molecular weight is 355 g/mol. The number of pyridine rings is 1. The van der Waals surface area contributed by atoms with E-state index in [1.165, 1.54) is 0 Å². The molecule has 2 aromatic heterocycles. The molecule has 0 aromatic carbocycles. The Kier molecular flexibility index (Phi) is 6.23. The van der Waals surface area contributed by atoms with Crippen molar-refractivity contribution in [3.8, 4) is 11.8 Å². The zero-order valence-corrected chi connectivity index (χ0v) is 15.0. The predicted octanol–water partition coefficient (Wildman–Crippen LogP) is 1.99. The molecule has 1 aliphatic rings. The maximum Gasteiger partial charge on any atom is 0.187 e. The Labute approximate surface area is 152 Å². The van der Waals surface area contributed by atoms with Crippen LogP contribution in [0, 0.1) is 11.8 Å². The van der Waals surface area contributed by atoms with E-state index in [1.54, 1.807) is 24.0 Å². The van der Waals surface area contributed by atoms with Crippen molar-refractivity contribution in [2.45, 2.75) is 18.1 Å². The van der Waals surface area contributed by atoms with Crippen molar-refractivity contribution in [3.63, 3.8) is 0 Å². The zero-order chi connectivity index (χ0) is 17.5. The molecule has 130 valence electrons. The molecule has 3 rings (SSSR count). The number of anilines is 1. The van der Waals surface area contributed by atoms with Crippen molar-refractivity contribution >= 4 is 17.6 Å². The van der Waals surface area contributed by atoms with E-state index in [0.717, 1.165) is 35.1 Å². The van der Waals surface area contributed by atoms with Gasteiger partial charge in [0.1, 0.15) is 11.9 Å². The molecule has 0 spiro atoms. The van der Waals surface area contributed by atoms with Crippen LogP contribution < -0.4 is 5.73 Å². The van der Waals surface area contributed by atoms with Crippen molar-refractivity contribution in [1.29, 1.82) is 0 Å². The molecule has 0 aliphatic carbocycles. The first-order valence-electron chi connectivity index (χ1n) is 8.26. The summed E-state index contributed by atoms with van der Waals surface area (Å²) < 4.78 is 5.46. The highest BCUT2D eigenvalue weighted by molar-refractivity contribution is 7.99. The Bertz CT molecular complexity index is 733. The molecule has 1 saturated heterocycles. The largest absolute Gasteiger partial charge is 0.384 e. The Morgan fingerprint density at radius 1 is 1.20 bits per heavy atom. The van der Waals surface area contributed by atoms with E-state index < -0.39 is 0 Å². The fraction of sp³-hybridized carbons (Fsp3) is 0.389. The van der Waals surface area contributed by atoms with Gasteiger partial charge in [-0.15, -0.1) is 0 Å². The molecule has 6 nitrogen and oxygen atoms in total. The molecule has 25 heavy (non-hydrogen) atoms. The first-order valence-corrected chi connectivity index (χ1v) is 9.24. The number of nitrogens with zero attached hydrogens (tertiary/aromatic N) is 4. The quantitative estimate of drug-likeness (QED) is 0.510. The minimum absolute atomic E-state index is 0.0675. The number of hydrogen-bond acceptors (Lipinski definition) is 7. The Hall–Kier alpha value is -2.14. The van der Waals surface area contributed by atoms with Gasteiger partial charge in [0.05, 0.1) is 13.2 Å². The van der Waals surface area contributed by atoms with Crippen LogP contribution in [0.5, 0.6) is 0 Å². The molecule has 0 amide bonds. The number of hydrogen-bond donors (Lipinski definition) is 1. The number of nitrogen functional groups attached to an aromatic ring is 1. The summed E-state index contributed by atoms with van der Waals surface area (Å²) in [6.45, 7) is 5.19. The molecule has 0 saturated carbocycles. The van der Waals surface area contributed by atoms with E-state index in [2.05, 4.69) is 38.6 Å². The molecule has 1 atom stereocenters. The Morgan fingerprint density at radius 3 is 2.60 bits per heavy atom. The third-order valence-electron chi connectivity index (χ3n) is 3.79. The normalized spacial score (nSPS) is 16.0. The number of aromatic nitrogens is 3. The van der Waals surface area contributed by atoms with E-state index in [0.29, 0.717) is 19.0 Å². The van der Waals surface area contributed by atoms with Crippen molar-refractivity contribution in [1.82, 2.24) is 19.9 Å². The lowest BCUT2D eigenvalue weighted by molar-refractivity contribution is 0.0268. The van der Waals surface area contributed by atoms with Gasteiger partial charge in [-0.25, -0.2) is 15.0 Å². The lowest BCUT2D eigenvalue weighted by atomic mass is 10.1. The fourth-order valence-corrected chi connectivity index (χ4v) is 3.04. The van der Waals surface area contributed by atoms with Crippen LogP contribution in [0.1, 0.15) is 24.1 Å². The van der Waals surface area contributed by atoms with Crippen LogP contribution in [0.15, 0.2) is 35.9 Å². The predicted molar refractivity (Wildman–Crippen MR) is 99.1 cm³/mol. The standard InChI is InChI=1S/C18H21N5OS/c1-2-25-18-21-12-15(13-22-18)16(23-7-9-24-10-8-23)5-3-14-4-6-17(19)20-11-14/h4,6,11-13,16H,2,7-10H2,1H3,(H2,19,20)/t16-/m1/s1. The van der Waals surface area contributed by atoms with Crippen LogP contribution in [-0.4, -0.2) is 51.9 Å². The maximum atomic E-state index is 5.63. The van der Waals surface area contributed by atoms with E-state index in [1.807, 2.05) is 18.5 Å². The van der Waals surface area contributed by atoms with Crippen molar-refractivity contribution in [2.24, 2.45) is 0 Å². The van der Waals surface area contributed by atoms with Crippen LogP contribution >= 0.6 is 11.8 Å². The van der Waals surface area contributed by atoms with Gasteiger partial charge >= 0.3 is 0 Å². The third-order valence-corrected chi connectivity index (χ3v) is 4.55. The second-order valence-electron chi connectivity index (χ2n) is 5.52. The molecule has 7 heteroatoms. The summed E-state index contributed by atoms with van der Waals surface area (Å²) in [5.74, 6) is 7.99. The van der Waals surface area contributed by atoms with Crippen LogP contribution in [0.2, 0.25) is 0 Å². The average Bonchev–Trinajstić information content (AvgIpc) is 2.66. The van der Waals surface area contributed by atoms with Gasteiger partial charge in [-0.05, 0) is 17.9 Å². The molecule has 1 aliphatic heterocycles. The number of morpholine rings is 1. The molecule has 0 unspecified atom stereocenters. The zero-order valence-electron chi connectivity index (χ0n) is 14.2. The van der Waals surface area contributed by atoms with Crippen LogP contribution in [-0.2, 0) is 4.74 Å². The molecular weight excluding hydrogens is 334 g/mol. The summed E-state index contributed by atoms with van der Waals surface area (Å²) in [6, 6.07) is 3.57. The smallest absolute Gasteiger partial charge is 0.187 e. The molecule has 2 aromatic rings. The minimum Gasteiger partial charge on any atom is -0.384 e. The first-order chi connectivity index (χ1) is 12.3. The van der Waals surface area contributed by atoms with Gasteiger partial charge in [0.2, 0.25) is 0 Å². The second kappa shape index (κ2) is 8.81. The van der Waals surface area contributed by atoms with Gasteiger partial charge in [0.15, 0.2) is 5.16 Å². The van der Waals surface area contributed by atoms with Gasteiger partial charge in [0.25, 0.3) is 0 Å². The lowest BCUT2D eigenvalue weighted by Gasteiger charge is -2.31. The Balaban J connectivity index is 1.85. The van der Waals surface area contributed by atoms with E-state index in [9.17, 15) is 0 Å². The molecular formula is C18H21N5OS. The topological polar surface area (TPSA) is 77.2 Å². The van der Waals surface area contributed by atoms with E-state index >= 15 is 0 Å². The van der Waals surface area contributed by atoms with Crippen LogP contribution in [0.4, 0.5) is 5.82 Å². The van der Waals surface area contributed by atoms with Crippen molar-refractivity contribution < 1.29 is 4.74 Å². The second-order valence-corrected chi connectivity index (χ2v) is 6.76. The molecule has 0 radical (unpaired) electrons. The van der Waals surface area contributed by atoms with Crippen molar-refractivity contribution in [2.75, 3.05) is 37.8 Å². The van der Waals surface area contributed by atoms with Crippen LogP contribution in [0.25, 0.3) is 0 Å². The maximum absolute atomic E-state index is 5.63. The first kappa shape index (κ1) is 17.7. The minimum atomic E-state index is -0.0675. The summed E-state index contributed by atoms with van der Waals surface area (Å²) >= 11 is 1.63.